The monoisotopic (exact) mass is 225 g/mol. The Hall–Kier alpha value is -0.120. The summed E-state index contributed by atoms with van der Waals surface area (Å²) in [5.41, 5.74) is 0. The first-order chi connectivity index (χ1) is 7.65. The van der Waals surface area contributed by atoms with Crippen LogP contribution in [0.2, 0.25) is 0 Å². The molecule has 0 aromatic carbocycles. The Bertz CT molecular complexity index is 209. The van der Waals surface area contributed by atoms with Gasteiger partial charge in [0.25, 0.3) is 0 Å². The zero-order valence-electron chi connectivity index (χ0n) is 11.2. The summed E-state index contributed by atoms with van der Waals surface area (Å²) in [7, 11) is 2.25. The molecule has 0 amide bonds. The molecule has 0 N–H and O–H groups in total. The second-order valence-electron chi connectivity index (χ2n) is 5.94. The molecule has 0 saturated carbocycles. The van der Waals surface area contributed by atoms with E-state index in [1.807, 2.05) is 0 Å². The molecule has 1 unspecified atom stereocenters. The van der Waals surface area contributed by atoms with Crippen LogP contribution in [0.15, 0.2) is 0 Å². The predicted molar refractivity (Wildman–Crippen MR) is 68.8 cm³/mol. The third kappa shape index (κ3) is 3.19. The molecule has 0 bridgehead atoms. The van der Waals surface area contributed by atoms with Gasteiger partial charge in [0.2, 0.25) is 0 Å². The Labute approximate surface area is 100 Å². The summed E-state index contributed by atoms with van der Waals surface area (Å²) < 4.78 is 0. The van der Waals surface area contributed by atoms with Gasteiger partial charge in [0, 0.05) is 45.3 Å². The van der Waals surface area contributed by atoms with Crippen LogP contribution >= 0.6 is 0 Å². The van der Waals surface area contributed by atoms with E-state index >= 15 is 0 Å². The smallest absolute Gasteiger partial charge is 0.0236 e. The van der Waals surface area contributed by atoms with Crippen LogP contribution in [0, 0.1) is 5.92 Å². The Morgan fingerprint density at radius 1 is 1.06 bits per heavy atom. The average molecular weight is 225 g/mol. The lowest BCUT2D eigenvalue weighted by Crippen LogP contribution is -2.51. The van der Waals surface area contributed by atoms with Gasteiger partial charge in [0.1, 0.15) is 0 Å². The minimum Gasteiger partial charge on any atom is -0.305 e. The second-order valence-corrected chi connectivity index (χ2v) is 5.94. The first kappa shape index (κ1) is 12.3. The highest BCUT2D eigenvalue weighted by molar-refractivity contribution is 4.85. The number of likely N-dealkylation sites (tertiary alicyclic amines) is 1. The zero-order chi connectivity index (χ0) is 11.5. The predicted octanol–water partition coefficient (Wildman–Crippen LogP) is 0.964. The van der Waals surface area contributed by atoms with Crippen molar-refractivity contribution in [2.45, 2.75) is 26.3 Å². The minimum atomic E-state index is 0.809. The average Bonchev–Trinajstić information content (AvgIpc) is 2.65. The van der Waals surface area contributed by atoms with Crippen molar-refractivity contribution in [2.24, 2.45) is 5.92 Å². The molecule has 16 heavy (non-hydrogen) atoms. The van der Waals surface area contributed by atoms with Gasteiger partial charge in [-0.1, -0.05) is 13.8 Å². The Morgan fingerprint density at radius 2 is 1.75 bits per heavy atom. The first-order valence-electron chi connectivity index (χ1n) is 6.80. The highest BCUT2D eigenvalue weighted by Gasteiger charge is 2.28. The van der Waals surface area contributed by atoms with Crippen LogP contribution in [0.1, 0.15) is 20.3 Å². The minimum absolute atomic E-state index is 0.809. The third-order valence-corrected chi connectivity index (χ3v) is 3.91. The fraction of sp³-hybridized carbons (Fsp3) is 1.00. The van der Waals surface area contributed by atoms with Crippen molar-refractivity contribution >= 4 is 0 Å². The van der Waals surface area contributed by atoms with Gasteiger partial charge in [-0.25, -0.2) is 0 Å². The van der Waals surface area contributed by atoms with Crippen molar-refractivity contribution < 1.29 is 0 Å². The maximum Gasteiger partial charge on any atom is 0.0236 e. The highest BCUT2D eigenvalue weighted by atomic mass is 15.3. The van der Waals surface area contributed by atoms with Gasteiger partial charge >= 0.3 is 0 Å². The highest BCUT2D eigenvalue weighted by Crippen LogP contribution is 2.16. The van der Waals surface area contributed by atoms with Gasteiger partial charge in [0.15, 0.2) is 0 Å². The fourth-order valence-corrected chi connectivity index (χ4v) is 3.04. The van der Waals surface area contributed by atoms with Crippen LogP contribution in [0.5, 0.6) is 0 Å². The number of rotatable bonds is 3. The lowest BCUT2D eigenvalue weighted by atomic mass is 10.1. The van der Waals surface area contributed by atoms with E-state index in [0.29, 0.717) is 0 Å². The van der Waals surface area contributed by atoms with E-state index in [-0.39, 0.29) is 0 Å². The van der Waals surface area contributed by atoms with E-state index in [9.17, 15) is 0 Å². The molecule has 0 aromatic rings. The maximum atomic E-state index is 2.71. The molecule has 0 spiro atoms. The first-order valence-corrected chi connectivity index (χ1v) is 6.80. The topological polar surface area (TPSA) is 9.72 Å². The van der Waals surface area contributed by atoms with E-state index in [2.05, 4.69) is 35.6 Å². The summed E-state index contributed by atoms with van der Waals surface area (Å²) in [5.74, 6) is 0.809. The second kappa shape index (κ2) is 5.48. The van der Waals surface area contributed by atoms with Gasteiger partial charge in [-0.3, -0.25) is 4.90 Å². The normalized spacial score (nSPS) is 30.4. The zero-order valence-corrected chi connectivity index (χ0v) is 11.2. The van der Waals surface area contributed by atoms with Gasteiger partial charge in [0.05, 0.1) is 0 Å². The van der Waals surface area contributed by atoms with Gasteiger partial charge < -0.3 is 9.80 Å². The van der Waals surface area contributed by atoms with Crippen LogP contribution in [-0.2, 0) is 0 Å². The van der Waals surface area contributed by atoms with E-state index in [0.717, 1.165) is 12.0 Å². The molecule has 1 atom stereocenters. The number of likely N-dealkylation sites (N-methyl/N-ethyl adjacent to an activating group) is 1. The third-order valence-electron chi connectivity index (χ3n) is 3.91. The van der Waals surface area contributed by atoms with Crippen LogP contribution in [0.4, 0.5) is 0 Å². The molecule has 0 aromatic heterocycles. The van der Waals surface area contributed by atoms with Crippen molar-refractivity contribution in [1.82, 2.24) is 14.7 Å². The van der Waals surface area contributed by atoms with Crippen molar-refractivity contribution in [2.75, 3.05) is 52.9 Å². The summed E-state index contributed by atoms with van der Waals surface area (Å²) in [5, 5.41) is 0. The summed E-state index contributed by atoms with van der Waals surface area (Å²) >= 11 is 0. The van der Waals surface area contributed by atoms with E-state index in [4.69, 9.17) is 0 Å². The van der Waals surface area contributed by atoms with Crippen molar-refractivity contribution in [3.05, 3.63) is 0 Å². The lowest BCUT2D eigenvalue weighted by molar-refractivity contribution is 0.0918. The number of nitrogens with zero attached hydrogens (tertiary/aromatic N) is 3. The number of piperazine rings is 1. The van der Waals surface area contributed by atoms with Crippen molar-refractivity contribution in [3.8, 4) is 0 Å². The molecule has 2 aliphatic rings. The SMILES string of the molecule is CC(C)CN1CCN(C2CCN(C)C2)CC1. The molecular weight excluding hydrogens is 198 g/mol. The summed E-state index contributed by atoms with van der Waals surface area (Å²) in [6, 6.07) is 0.839. The van der Waals surface area contributed by atoms with E-state index in [1.54, 1.807) is 0 Å². The largest absolute Gasteiger partial charge is 0.305 e. The Kier molecular flexibility index (Phi) is 4.22. The lowest BCUT2D eigenvalue weighted by Gasteiger charge is -2.38. The van der Waals surface area contributed by atoms with Crippen LogP contribution in [-0.4, -0.2) is 73.6 Å². The Morgan fingerprint density at radius 3 is 2.25 bits per heavy atom. The molecule has 2 aliphatic heterocycles. The number of hydrogen-bond donors (Lipinski definition) is 0. The van der Waals surface area contributed by atoms with E-state index < -0.39 is 0 Å². The van der Waals surface area contributed by atoms with Gasteiger partial charge in [-0.15, -0.1) is 0 Å². The summed E-state index contributed by atoms with van der Waals surface area (Å²) in [6.07, 6.45) is 1.38. The van der Waals surface area contributed by atoms with Crippen molar-refractivity contribution in [3.63, 3.8) is 0 Å². The molecular formula is C13H27N3. The Balaban J connectivity index is 1.72. The van der Waals surface area contributed by atoms with Crippen LogP contribution in [0.25, 0.3) is 0 Å². The van der Waals surface area contributed by atoms with Crippen LogP contribution < -0.4 is 0 Å². The molecule has 2 fully saturated rings. The molecule has 0 radical (unpaired) electrons. The molecule has 2 heterocycles. The summed E-state index contributed by atoms with van der Waals surface area (Å²) in [6.45, 7) is 13.6. The molecule has 2 rings (SSSR count). The standard InChI is InChI=1S/C13H27N3/c1-12(2)10-15-6-8-16(9-7-15)13-4-5-14(3)11-13/h12-13H,4-11H2,1-3H3. The van der Waals surface area contributed by atoms with Crippen LogP contribution in [0.3, 0.4) is 0 Å². The van der Waals surface area contributed by atoms with Crippen molar-refractivity contribution in [1.29, 1.82) is 0 Å². The quantitative estimate of drug-likeness (QED) is 0.708. The fourth-order valence-electron chi connectivity index (χ4n) is 3.04. The molecule has 3 nitrogen and oxygen atoms in total. The number of hydrogen-bond acceptors (Lipinski definition) is 3. The molecule has 2 saturated heterocycles. The molecule has 3 heteroatoms. The van der Waals surface area contributed by atoms with E-state index in [1.165, 1.54) is 52.2 Å². The van der Waals surface area contributed by atoms with Gasteiger partial charge in [-0.05, 0) is 25.9 Å². The summed E-state index contributed by atoms with van der Waals surface area (Å²) in [4.78, 5) is 7.80. The maximum absolute atomic E-state index is 2.71. The molecule has 0 aliphatic carbocycles. The van der Waals surface area contributed by atoms with Gasteiger partial charge in [-0.2, -0.15) is 0 Å². The molecule has 94 valence electrons.